The van der Waals surface area contributed by atoms with Gasteiger partial charge in [0.05, 0.1) is 5.75 Å². The normalized spacial score (nSPS) is 18.6. The minimum atomic E-state index is -3.14. The first kappa shape index (κ1) is 18.3. The zero-order chi connectivity index (χ0) is 17.0. The molecule has 0 saturated carbocycles. The highest BCUT2D eigenvalue weighted by Gasteiger charge is 2.27. The van der Waals surface area contributed by atoms with E-state index in [4.69, 9.17) is 27.9 Å². The zero-order valence-corrected chi connectivity index (χ0v) is 14.9. The van der Waals surface area contributed by atoms with E-state index in [-0.39, 0.29) is 24.7 Å². The molecule has 0 aliphatic carbocycles. The lowest BCUT2D eigenvalue weighted by Crippen LogP contribution is -2.41. The van der Waals surface area contributed by atoms with E-state index in [1.165, 1.54) is 4.31 Å². The molecule has 0 bridgehead atoms. The van der Waals surface area contributed by atoms with Gasteiger partial charge in [-0.3, -0.25) is 4.79 Å². The Labute approximate surface area is 145 Å². The summed E-state index contributed by atoms with van der Waals surface area (Å²) in [6.45, 7) is 2.61. The summed E-state index contributed by atoms with van der Waals surface area (Å²) < 4.78 is 30.2. The van der Waals surface area contributed by atoms with Crippen molar-refractivity contribution in [2.24, 2.45) is 0 Å². The summed E-state index contributed by atoms with van der Waals surface area (Å²) >= 11 is 11.7. The number of carbonyl (C=O) groups is 1. The van der Waals surface area contributed by atoms with Gasteiger partial charge in [-0.15, -0.1) is 0 Å². The Hall–Kier alpha value is -1.02. The van der Waals surface area contributed by atoms with Gasteiger partial charge in [-0.05, 0) is 31.5 Å². The van der Waals surface area contributed by atoms with E-state index >= 15 is 0 Å². The molecule has 1 aliphatic rings. The SMILES string of the molecule is CC(Oc1cc(Cl)cc(Cl)c1)C(=O)NCCN1CCCS1(=O)=O. The molecule has 1 fully saturated rings. The van der Waals surface area contributed by atoms with Gasteiger partial charge in [0.2, 0.25) is 10.0 Å². The fourth-order valence-electron chi connectivity index (χ4n) is 2.24. The summed E-state index contributed by atoms with van der Waals surface area (Å²) in [5.41, 5.74) is 0. The fraction of sp³-hybridized carbons (Fsp3) is 0.500. The highest BCUT2D eigenvalue weighted by molar-refractivity contribution is 7.89. The summed E-state index contributed by atoms with van der Waals surface area (Å²) in [5, 5.41) is 3.49. The number of hydrogen-bond donors (Lipinski definition) is 1. The standard InChI is InChI=1S/C14H18Cl2N2O4S/c1-10(22-13-8-11(15)7-12(16)9-13)14(19)17-3-5-18-4-2-6-23(18,20)21/h7-10H,2-6H2,1H3,(H,17,19). The summed E-state index contributed by atoms with van der Waals surface area (Å²) in [7, 11) is -3.14. The minimum absolute atomic E-state index is 0.177. The van der Waals surface area contributed by atoms with Crippen molar-refractivity contribution in [3.05, 3.63) is 28.2 Å². The van der Waals surface area contributed by atoms with Crippen LogP contribution >= 0.6 is 23.2 Å². The summed E-state index contributed by atoms with van der Waals surface area (Å²) in [5.74, 6) is 0.237. The average Bonchev–Trinajstić information content (AvgIpc) is 2.76. The van der Waals surface area contributed by atoms with E-state index in [9.17, 15) is 13.2 Å². The number of nitrogens with one attached hydrogen (secondary N) is 1. The van der Waals surface area contributed by atoms with Gasteiger partial charge in [0, 0.05) is 29.7 Å². The van der Waals surface area contributed by atoms with Gasteiger partial charge in [0.1, 0.15) is 5.75 Å². The lowest BCUT2D eigenvalue weighted by atomic mass is 10.3. The predicted molar refractivity (Wildman–Crippen MR) is 89.5 cm³/mol. The van der Waals surface area contributed by atoms with Crippen LogP contribution in [-0.4, -0.2) is 50.1 Å². The maximum atomic E-state index is 12.0. The van der Waals surface area contributed by atoms with Crippen molar-refractivity contribution in [2.45, 2.75) is 19.4 Å². The van der Waals surface area contributed by atoms with Crippen LogP contribution in [0.4, 0.5) is 0 Å². The van der Waals surface area contributed by atoms with Crippen LogP contribution in [0, 0.1) is 0 Å². The maximum absolute atomic E-state index is 12.0. The summed E-state index contributed by atoms with van der Waals surface area (Å²) in [6.07, 6.45) is -0.120. The highest BCUT2D eigenvalue weighted by atomic mass is 35.5. The number of carbonyl (C=O) groups excluding carboxylic acids is 1. The average molecular weight is 381 g/mol. The van der Waals surface area contributed by atoms with Crippen LogP contribution in [0.2, 0.25) is 10.0 Å². The van der Waals surface area contributed by atoms with Crippen molar-refractivity contribution in [2.75, 3.05) is 25.4 Å². The second-order valence-corrected chi connectivity index (χ2v) is 8.19. The maximum Gasteiger partial charge on any atom is 0.260 e. The molecule has 2 rings (SSSR count). The van der Waals surface area contributed by atoms with Crippen LogP contribution < -0.4 is 10.1 Å². The third kappa shape index (κ3) is 5.24. The molecule has 1 saturated heterocycles. The number of amides is 1. The largest absolute Gasteiger partial charge is 0.481 e. The molecule has 0 aromatic heterocycles. The number of nitrogens with zero attached hydrogens (tertiary/aromatic N) is 1. The molecular formula is C14H18Cl2N2O4S. The van der Waals surface area contributed by atoms with Crippen molar-refractivity contribution in [3.8, 4) is 5.75 Å². The predicted octanol–water partition coefficient (Wildman–Crippen LogP) is 1.91. The molecule has 9 heteroatoms. The van der Waals surface area contributed by atoms with Gasteiger partial charge in [-0.25, -0.2) is 12.7 Å². The van der Waals surface area contributed by atoms with Crippen LogP contribution in [0.3, 0.4) is 0 Å². The second-order valence-electron chi connectivity index (χ2n) is 5.22. The number of rotatable bonds is 6. The second kappa shape index (κ2) is 7.70. The van der Waals surface area contributed by atoms with Crippen LogP contribution in [-0.2, 0) is 14.8 Å². The van der Waals surface area contributed by atoms with Crippen molar-refractivity contribution in [1.29, 1.82) is 0 Å². The topological polar surface area (TPSA) is 75.7 Å². The van der Waals surface area contributed by atoms with Crippen molar-refractivity contribution in [3.63, 3.8) is 0 Å². The first-order chi connectivity index (χ1) is 10.8. The molecule has 1 N–H and O–H groups in total. The number of halogens is 2. The first-order valence-corrected chi connectivity index (χ1v) is 9.53. The minimum Gasteiger partial charge on any atom is -0.481 e. The molecule has 23 heavy (non-hydrogen) atoms. The van der Waals surface area contributed by atoms with Crippen molar-refractivity contribution in [1.82, 2.24) is 9.62 Å². The fourth-order valence-corrected chi connectivity index (χ4v) is 4.28. The first-order valence-electron chi connectivity index (χ1n) is 7.16. The molecule has 1 aromatic carbocycles. The lowest BCUT2D eigenvalue weighted by Gasteiger charge is -2.17. The van der Waals surface area contributed by atoms with Crippen LogP contribution in [0.5, 0.6) is 5.75 Å². The van der Waals surface area contributed by atoms with Gasteiger partial charge in [0.15, 0.2) is 6.10 Å². The van der Waals surface area contributed by atoms with Crippen LogP contribution in [0.1, 0.15) is 13.3 Å². The van der Waals surface area contributed by atoms with Crippen LogP contribution in [0.15, 0.2) is 18.2 Å². The van der Waals surface area contributed by atoms with Gasteiger partial charge in [-0.1, -0.05) is 23.2 Å². The van der Waals surface area contributed by atoms with Crippen molar-refractivity contribution >= 4 is 39.1 Å². The molecule has 1 unspecified atom stereocenters. The Morgan fingerprint density at radius 2 is 2.00 bits per heavy atom. The molecule has 0 radical (unpaired) electrons. The van der Waals surface area contributed by atoms with Gasteiger partial charge < -0.3 is 10.1 Å². The Morgan fingerprint density at radius 3 is 2.57 bits per heavy atom. The third-order valence-electron chi connectivity index (χ3n) is 3.38. The molecule has 128 valence electrons. The van der Waals surface area contributed by atoms with Crippen molar-refractivity contribution < 1.29 is 17.9 Å². The number of ether oxygens (including phenoxy) is 1. The number of sulfonamides is 1. The third-order valence-corrected chi connectivity index (χ3v) is 5.77. The molecule has 1 atom stereocenters. The van der Waals surface area contributed by atoms with Gasteiger partial charge >= 0.3 is 0 Å². The summed E-state index contributed by atoms with van der Waals surface area (Å²) in [6, 6.07) is 4.69. The highest BCUT2D eigenvalue weighted by Crippen LogP contribution is 2.24. The molecule has 1 aromatic rings. The Balaban J connectivity index is 1.81. The Morgan fingerprint density at radius 1 is 1.35 bits per heavy atom. The smallest absolute Gasteiger partial charge is 0.260 e. The Kier molecular flexibility index (Phi) is 6.13. The molecule has 0 spiro atoms. The zero-order valence-electron chi connectivity index (χ0n) is 12.6. The number of benzene rings is 1. The monoisotopic (exact) mass is 380 g/mol. The van der Waals surface area contributed by atoms with E-state index in [0.717, 1.165) is 0 Å². The van der Waals surface area contributed by atoms with E-state index in [1.54, 1.807) is 25.1 Å². The molecule has 1 aliphatic heterocycles. The van der Waals surface area contributed by atoms with E-state index in [1.807, 2.05) is 0 Å². The number of hydrogen-bond acceptors (Lipinski definition) is 4. The van der Waals surface area contributed by atoms with E-state index < -0.39 is 16.1 Å². The molecule has 1 heterocycles. The quantitative estimate of drug-likeness (QED) is 0.817. The molecule has 1 amide bonds. The molecule has 6 nitrogen and oxygen atoms in total. The van der Waals surface area contributed by atoms with Gasteiger partial charge in [0.25, 0.3) is 5.91 Å². The molecular weight excluding hydrogens is 363 g/mol. The van der Waals surface area contributed by atoms with Gasteiger partial charge in [-0.2, -0.15) is 0 Å². The Bertz CT molecular complexity index is 661. The lowest BCUT2D eigenvalue weighted by molar-refractivity contribution is -0.127. The summed E-state index contributed by atoms with van der Waals surface area (Å²) in [4.78, 5) is 12.0. The van der Waals surface area contributed by atoms with E-state index in [0.29, 0.717) is 28.8 Å². The van der Waals surface area contributed by atoms with Crippen LogP contribution in [0.25, 0.3) is 0 Å². The van der Waals surface area contributed by atoms with E-state index in [2.05, 4.69) is 5.32 Å².